The summed E-state index contributed by atoms with van der Waals surface area (Å²) in [6, 6.07) is 19.1. The van der Waals surface area contributed by atoms with E-state index in [9.17, 15) is 4.79 Å². The van der Waals surface area contributed by atoms with Crippen LogP contribution in [0, 0.1) is 6.92 Å². The minimum atomic E-state index is -0.350. The summed E-state index contributed by atoms with van der Waals surface area (Å²) in [5.74, 6) is -0.350. The summed E-state index contributed by atoms with van der Waals surface area (Å²) in [5, 5.41) is 0. The van der Waals surface area contributed by atoms with Crippen LogP contribution in [0.15, 0.2) is 54.6 Å². The molecule has 0 aliphatic carbocycles. The minimum absolute atomic E-state index is 0.280. The van der Waals surface area contributed by atoms with E-state index in [1.807, 2.05) is 25.1 Å². The van der Waals surface area contributed by atoms with Gasteiger partial charge in [-0.1, -0.05) is 67.9 Å². The van der Waals surface area contributed by atoms with E-state index in [4.69, 9.17) is 5.73 Å². The van der Waals surface area contributed by atoms with Gasteiger partial charge in [-0.15, -0.1) is 0 Å². The van der Waals surface area contributed by atoms with Gasteiger partial charge in [-0.2, -0.15) is 0 Å². The first-order chi connectivity index (χ1) is 13.5. The molecule has 1 heterocycles. The molecule has 0 bridgehead atoms. The van der Waals surface area contributed by atoms with E-state index < -0.39 is 0 Å². The maximum atomic E-state index is 12.4. The molecule has 1 aromatic heterocycles. The van der Waals surface area contributed by atoms with Crippen molar-refractivity contribution < 1.29 is 4.79 Å². The van der Waals surface area contributed by atoms with E-state index in [0.29, 0.717) is 5.56 Å². The van der Waals surface area contributed by atoms with Crippen LogP contribution >= 0.6 is 0 Å². The number of hydrogen-bond donors (Lipinski definition) is 1. The highest BCUT2D eigenvalue weighted by Gasteiger charge is 2.25. The molecule has 28 heavy (non-hydrogen) atoms. The Kier molecular flexibility index (Phi) is 6.03. The Hall–Kier alpha value is -2.81. The van der Waals surface area contributed by atoms with Crippen LogP contribution < -0.4 is 5.73 Å². The molecule has 3 rings (SSSR count). The van der Waals surface area contributed by atoms with E-state index in [1.165, 1.54) is 16.8 Å². The summed E-state index contributed by atoms with van der Waals surface area (Å²) in [6.07, 6.45) is 3.14. The molecule has 146 valence electrons. The molecule has 0 unspecified atom stereocenters. The maximum Gasteiger partial charge on any atom is 0.251 e. The zero-order valence-corrected chi connectivity index (χ0v) is 17.3. The monoisotopic (exact) mass is 374 g/mol. The molecule has 0 saturated heterocycles. The summed E-state index contributed by atoms with van der Waals surface area (Å²) < 4.78 is 2.29. The fourth-order valence-corrected chi connectivity index (χ4v) is 4.13. The van der Waals surface area contributed by atoms with Gasteiger partial charge in [0.2, 0.25) is 0 Å². The molecule has 0 radical (unpaired) electrons. The van der Waals surface area contributed by atoms with Gasteiger partial charge in [-0.25, -0.2) is 0 Å². The van der Waals surface area contributed by atoms with Crippen molar-refractivity contribution in [2.24, 2.45) is 5.73 Å². The Balaban J connectivity index is 2.16. The highest BCUT2D eigenvalue weighted by atomic mass is 16.1. The zero-order valence-electron chi connectivity index (χ0n) is 17.3. The van der Waals surface area contributed by atoms with Gasteiger partial charge in [0.25, 0.3) is 5.91 Å². The minimum Gasteiger partial charge on any atom is -0.366 e. The van der Waals surface area contributed by atoms with Gasteiger partial charge in [-0.3, -0.25) is 4.79 Å². The van der Waals surface area contributed by atoms with Crippen LogP contribution in [0.5, 0.6) is 0 Å². The maximum absolute atomic E-state index is 12.4. The first-order valence-corrected chi connectivity index (χ1v) is 10.1. The number of carbonyl (C=O) groups is 1. The molecular weight excluding hydrogens is 344 g/mol. The average molecular weight is 375 g/mol. The van der Waals surface area contributed by atoms with Crippen molar-refractivity contribution in [3.8, 4) is 22.3 Å². The van der Waals surface area contributed by atoms with Crippen LogP contribution in [0.2, 0.25) is 0 Å². The Morgan fingerprint density at radius 2 is 1.54 bits per heavy atom. The number of benzene rings is 2. The summed E-state index contributed by atoms with van der Waals surface area (Å²) in [6.45, 7) is 8.53. The van der Waals surface area contributed by atoms with Crippen LogP contribution in [0.1, 0.15) is 61.4 Å². The fourth-order valence-electron chi connectivity index (χ4n) is 4.13. The SMILES string of the molecule is CCCCc1c(-c2ccc(-c3ccccc3)cc2)c(C(N)=O)c(C)n1C(C)C. The van der Waals surface area contributed by atoms with Crippen molar-refractivity contribution >= 4 is 5.91 Å². The molecule has 3 aromatic rings. The topological polar surface area (TPSA) is 48.0 Å². The molecule has 0 aliphatic heterocycles. The number of nitrogens with two attached hydrogens (primary N) is 1. The van der Waals surface area contributed by atoms with Crippen LogP contribution in [0.3, 0.4) is 0 Å². The van der Waals surface area contributed by atoms with Crippen LogP contribution in [0.4, 0.5) is 0 Å². The van der Waals surface area contributed by atoms with Gasteiger partial charge >= 0.3 is 0 Å². The lowest BCUT2D eigenvalue weighted by molar-refractivity contribution is 0.1000. The summed E-state index contributed by atoms with van der Waals surface area (Å²) in [5.41, 5.74) is 13.1. The third-order valence-corrected chi connectivity index (χ3v) is 5.36. The van der Waals surface area contributed by atoms with Gasteiger partial charge < -0.3 is 10.3 Å². The van der Waals surface area contributed by atoms with Gasteiger partial charge in [0.15, 0.2) is 0 Å². The molecule has 2 N–H and O–H groups in total. The van der Waals surface area contributed by atoms with Gasteiger partial charge in [0.1, 0.15) is 0 Å². The Morgan fingerprint density at radius 1 is 0.964 bits per heavy atom. The fraction of sp³-hybridized carbons (Fsp3) is 0.320. The van der Waals surface area contributed by atoms with Crippen molar-refractivity contribution in [2.45, 2.75) is 53.0 Å². The molecular formula is C25H30N2O. The van der Waals surface area contributed by atoms with Crippen molar-refractivity contribution in [3.05, 3.63) is 71.5 Å². The normalized spacial score (nSPS) is 11.2. The summed E-state index contributed by atoms with van der Waals surface area (Å²) in [4.78, 5) is 12.4. The average Bonchev–Trinajstić information content (AvgIpc) is 2.99. The molecule has 1 amide bonds. The largest absolute Gasteiger partial charge is 0.366 e. The number of aromatic nitrogens is 1. The third kappa shape index (κ3) is 3.75. The highest BCUT2D eigenvalue weighted by molar-refractivity contribution is 6.02. The number of primary amides is 1. The third-order valence-electron chi connectivity index (χ3n) is 5.36. The smallest absolute Gasteiger partial charge is 0.251 e. The van der Waals surface area contributed by atoms with Crippen LogP contribution in [-0.4, -0.2) is 10.5 Å². The van der Waals surface area contributed by atoms with E-state index in [1.54, 1.807) is 0 Å². The molecule has 0 fully saturated rings. The number of carbonyl (C=O) groups excluding carboxylic acids is 1. The number of hydrogen-bond acceptors (Lipinski definition) is 1. The molecule has 2 aromatic carbocycles. The lowest BCUT2D eigenvalue weighted by atomic mass is 9.95. The Morgan fingerprint density at radius 3 is 2.07 bits per heavy atom. The number of unbranched alkanes of at least 4 members (excludes halogenated alkanes) is 1. The predicted octanol–water partition coefficient (Wildman–Crippen LogP) is 6.15. The standard InChI is InChI=1S/C25H30N2O/c1-5-6-12-22-24(23(25(26)28)18(4)27(22)17(2)3)21-15-13-20(14-16-21)19-10-8-7-9-11-19/h7-11,13-17H,5-6,12H2,1-4H3,(H2,26,28). The zero-order chi connectivity index (χ0) is 20.3. The van der Waals surface area contributed by atoms with Gasteiger partial charge in [0.05, 0.1) is 5.56 Å². The van der Waals surface area contributed by atoms with Gasteiger partial charge in [-0.05, 0) is 50.3 Å². The van der Waals surface area contributed by atoms with Crippen molar-refractivity contribution in [2.75, 3.05) is 0 Å². The Bertz CT molecular complexity index is 950. The van der Waals surface area contributed by atoms with E-state index in [-0.39, 0.29) is 11.9 Å². The predicted molar refractivity (Wildman–Crippen MR) is 118 cm³/mol. The van der Waals surface area contributed by atoms with E-state index >= 15 is 0 Å². The summed E-state index contributed by atoms with van der Waals surface area (Å²) >= 11 is 0. The van der Waals surface area contributed by atoms with Crippen molar-refractivity contribution in [1.29, 1.82) is 0 Å². The second-order valence-electron chi connectivity index (χ2n) is 7.66. The molecule has 0 aliphatic rings. The first-order valence-electron chi connectivity index (χ1n) is 10.1. The van der Waals surface area contributed by atoms with Crippen LogP contribution in [-0.2, 0) is 6.42 Å². The summed E-state index contributed by atoms with van der Waals surface area (Å²) in [7, 11) is 0. The van der Waals surface area contributed by atoms with E-state index in [2.05, 4.69) is 61.7 Å². The highest BCUT2D eigenvalue weighted by Crippen LogP contribution is 2.36. The first kappa shape index (κ1) is 19.9. The lowest BCUT2D eigenvalue weighted by Crippen LogP contribution is -2.14. The number of nitrogens with zero attached hydrogens (tertiary/aromatic N) is 1. The Labute approximate surface area is 168 Å². The number of amides is 1. The second kappa shape index (κ2) is 8.47. The van der Waals surface area contributed by atoms with Gasteiger partial charge in [0, 0.05) is 23.0 Å². The molecule has 3 heteroatoms. The molecule has 0 atom stereocenters. The van der Waals surface area contributed by atoms with E-state index in [0.717, 1.165) is 36.1 Å². The number of rotatable bonds is 7. The molecule has 0 saturated carbocycles. The van der Waals surface area contributed by atoms with Crippen LogP contribution in [0.25, 0.3) is 22.3 Å². The lowest BCUT2D eigenvalue weighted by Gasteiger charge is -2.17. The molecule has 3 nitrogen and oxygen atoms in total. The van der Waals surface area contributed by atoms with Crippen molar-refractivity contribution in [3.63, 3.8) is 0 Å². The quantitative estimate of drug-likeness (QED) is 0.529. The second-order valence-corrected chi connectivity index (χ2v) is 7.66. The molecule has 0 spiro atoms. The van der Waals surface area contributed by atoms with Crippen molar-refractivity contribution in [1.82, 2.24) is 4.57 Å².